The zero-order valence-electron chi connectivity index (χ0n) is 16.6. The number of carbonyl (C=O) groups excluding carboxylic acids is 1. The van der Waals surface area contributed by atoms with Crippen LogP contribution in [-0.4, -0.2) is 35.9 Å². The first-order valence-electron chi connectivity index (χ1n) is 9.47. The van der Waals surface area contributed by atoms with E-state index in [2.05, 4.69) is 15.6 Å². The molecule has 0 bridgehead atoms. The molecule has 166 valence electrons. The zero-order valence-corrected chi connectivity index (χ0v) is 16.6. The number of halogens is 4. The fourth-order valence-electron chi connectivity index (χ4n) is 3.52. The Morgan fingerprint density at radius 1 is 1.41 bits per heavy atom. The summed E-state index contributed by atoms with van der Waals surface area (Å²) >= 11 is 0. The second-order valence-corrected chi connectivity index (χ2v) is 7.24. The number of fused-ring (bicyclic) bond motifs is 1. The highest BCUT2D eigenvalue weighted by Gasteiger charge is 2.45. The molecule has 2 aromatic heterocycles. The van der Waals surface area contributed by atoms with E-state index in [1.54, 1.807) is 6.07 Å². The third-order valence-corrected chi connectivity index (χ3v) is 5.06. The number of pyridine rings is 1. The van der Waals surface area contributed by atoms with Crippen molar-refractivity contribution in [3.05, 3.63) is 59.1 Å². The number of furan rings is 1. The molecule has 2 N–H and O–H groups in total. The number of benzene rings is 1. The number of nitrogens with one attached hydrogen (secondary N) is 2. The maximum absolute atomic E-state index is 14.7. The van der Waals surface area contributed by atoms with Crippen LogP contribution in [0.25, 0.3) is 11.0 Å². The second-order valence-electron chi connectivity index (χ2n) is 7.24. The van der Waals surface area contributed by atoms with E-state index in [1.807, 2.05) is 0 Å². The molecule has 7 nitrogen and oxygen atoms in total. The molecular weight excluding hydrogens is 432 g/mol. The molecule has 32 heavy (non-hydrogen) atoms. The van der Waals surface area contributed by atoms with Gasteiger partial charge in [-0.3, -0.25) is 4.79 Å². The molecule has 3 heterocycles. The minimum Gasteiger partial charge on any atom is -0.461 e. The Hall–Kier alpha value is -3.65. The summed E-state index contributed by atoms with van der Waals surface area (Å²) in [5.74, 6) is -4.13. The van der Waals surface area contributed by atoms with Crippen molar-refractivity contribution in [3.8, 4) is 11.8 Å². The highest BCUT2D eigenvalue weighted by Crippen LogP contribution is 2.36. The molecule has 1 atom stereocenters. The third kappa shape index (κ3) is 3.85. The lowest BCUT2D eigenvalue weighted by molar-refractivity contribution is -0.185. The van der Waals surface area contributed by atoms with Crippen molar-refractivity contribution in [2.24, 2.45) is 0 Å². The fraction of sp³-hybridized carbons (Fsp3) is 0.286. The van der Waals surface area contributed by atoms with Gasteiger partial charge in [-0.2, -0.15) is 14.0 Å². The molecule has 4 rings (SSSR count). The molecule has 1 fully saturated rings. The number of ether oxygens (including phenoxy) is 1. The Morgan fingerprint density at radius 2 is 2.19 bits per heavy atom. The topological polar surface area (TPSA) is 100 Å². The van der Waals surface area contributed by atoms with Gasteiger partial charge in [-0.25, -0.2) is 13.8 Å². The van der Waals surface area contributed by atoms with Crippen molar-refractivity contribution in [1.29, 1.82) is 5.26 Å². The number of aryl methyl sites for hydroxylation is 1. The van der Waals surface area contributed by atoms with E-state index < -0.39 is 41.8 Å². The predicted molar refractivity (Wildman–Crippen MR) is 103 cm³/mol. The number of amides is 1. The normalized spacial score (nSPS) is 17.8. The fourth-order valence-corrected chi connectivity index (χ4v) is 3.52. The summed E-state index contributed by atoms with van der Waals surface area (Å²) in [5.41, 5.74) is -1.09. The van der Waals surface area contributed by atoms with Crippen molar-refractivity contribution in [2.75, 3.05) is 13.1 Å². The van der Waals surface area contributed by atoms with Crippen molar-refractivity contribution >= 4 is 16.9 Å². The van der Waals surface area contributed by atoms with Crippen LogP contribution in [-0.2, 0) is 6.11 Å². The maximum Gasteiger partial charge on any atom is 0.429 e. The lowest BCUT2D eigenvalue weighted by Crippen LogP contribution is -2.46. The summed E-state index contributed by atoms with van der Waals surface area (Å²) in [5, 5.41) is 13.9. The minimum atomic E-state index is -3.90. The number of aromatic nitrogens is 1. The Bertz CT molecular complexity index is 1240. The summed E-state index contributed by atoms with van der Waals surface area (Å²) in [6.07, 6.45) is -2.70. The molecule has 3 aromatic rings. The van der Waals surface area contributed by atoms with E-state index in [0.717, 1.165) is 12.1 Å². The molecule has 1 aliphatic heterocycles. The van der Waals surface area contributed by atoms with Crippen LogP contribution in [0.1, 0.15) is 27.4 Å². The van der Waals surface area contributed by atoms with Crippen LogP contribution in [0.2, 0.25) is 0 Å². The molecule has 1 unspecified atom stereocenters. The number of nitrogens with zero attached hydrogens (tertiary/aromatic N) is 2. The van der Waals surface area contributed by atoms with Crippen molar-refractivity contribution in [1.82, 2.24) is 15.6 Å². The smallest absolute Gasteiger partial charge is 0.429 e. The van der Waals surface area contributed by atoms with Crippen molar-refractivity contribution in [2.45, 2.75) is 25.0 Å². The van der Waals surface area contributed by atoms with Gasteiger partial charge in [-0.05, 0) is 37.3 Å². The Labute approximate surface area is 179 Å². The SMILES string of the molecule is Cc1oc2ccc(OC(F)(F)c3cccnc3C#N)cc2c1C(=O)NC1CNCC1(F)F. The van der Waals surface area contributed by atoms with E-state index >= 15 is 0 Å². The highest BCUT2D eigenvalue weighted by molar-refractivity contribution is 6.07. The number of rotatable bonds is 5. The first-order chi connectivity index (χ1) is 15.1. The molecule has 0 spiro atoms. The van der Waals surface area contributed by atoms with Crippen LogP contribution in [0, 0.1) is 18.3 Å². The van der Waals surface area contributed by atoms with Crippen LogP contribution >= 0.6 is 0 Å². The third-order valence-electron chi connectivity index (χ3n) is 5.06. The standard InChI is InChI=1S/C21H16F4N4O3/c1-11-18(19(30)29-17-9-27-10-20(17,22)23)13-7-12(4-5-16(13)31-11)32-21(24,25)14-3-2-6-28-15(14)8-26/h2-7,17,27H,9-10H2,1H3,(H,29,30). The predicted octanol–water partition coefficient (Wildman–Crippen LogP) is 3.47. The molecule has 0 radical (unpaired) electrons. The lowest BCUT2D eigenvalue weighted by atomic mass is 10.1. The van der Waals surface area contributed by atoms with Gasteiger partial charge in [-0.15, -0.1) is 0 Å². The van der Waals surface area contributed by atoms with Gasteiger partial charge in [0.25, 0.3) is 11.8 Å². The summed E-state index contributed by atoms with van der Waals surface area (Å²) in [4.78, 5) is 16.3. The van der Waals surface area contributed by atoms with Crippen LogP contribution in [0.5, 0.6) is 5.75 Å². The average Bonchev–Trinajstić information content (AvgIpc) is 3.24. The minimum absolute atomic E-state index is 0.0597. The largest absolute Gasteiger partial charge is 0.461 e. The Morgan fingerprint density at radius 3 is 2.88 bits per heavy atom. The summed E-state index contributed by atoms with van der Waals surface area (Å²) in [6.45, 7) is 0.791. The summed E-state index contributed by atoms with van der Waals surface area (Å²) in [7, 11) is 0. The van der Waals surface area contributed by atoms with Gasteiger partial charge in [0.1, 0.15) is 34.8 Å². The molecular formula is C21H16F4N4O3. The van der Waals surface area contributed by atoms with Crippen LogP contribution in [0.4, 0.5) is 17.6 Å². The van der Waals surface area contributed by atoms with Gasteiger partial charge in [0, 0.05) is 18.1 Å². The van der Waals surface area contributed by atoms with E-state index in [0.29, 0.717) is 0 Å². The first-order valence-corrected chi connectivity index (χ1v) is 9.47. The van der Waals surface area contributed by atoms with Crippen molar-refractivity contribution < 1.29 is 31.5 Å². The monoisotopic (exact) mass is 448 g/mol. The number of hydrogen-bond acceptors (Lipinski definition) is 6. The zero-order chi connectivity index (χ0) is 23.1. The lowest BCUT2D eigenvalue weighted by Gasteiger charge is -2.19. The second kappa shape index (κ2) is 7.80. The number of alkyl halides is 4. The highest BCUT2D eigenvalue weighted by atomic mass is 19.3. The van der Waals surface area contributed by atoms with Gasteiger partial charge < -0.3 is 19.8 Å². The molecule has 1 saturated heterocycles. The Kier molecular flexibility index (Phi) is 5.26. The van der Waals surface area contributed by atoms with Crippen LogP contribution in [0.15, 0.2) is 40.9 Å². The van der Waals surface area contributed by atoms with Crippen LogP contribution < -0.4 is 15.4 Å². The molecule has 11 heteroatoms. The van der Waals surface area contributed by atoms with Gasteiger partial charge in [0.05, 0.1) is 12.1 Å². The molecule has 0 aliphatic carbocycles. The van der Waals surface area contributed by atoms with E-state index in [4.69, 9.17) is 14.4 Å². The van der Waals surface area contributed by atoms with Crippen LogP contribution in [0.3, 0.4) is 0 Å². The van der Waals surface area contributed by atoms with Crippen molar-refractivity contribution in [3.63, 3.8) is 0 Å². The molecule has 1 aromatic carbocycles. The summed E-state index contributed by atoms with van der Waals surface area (Å²) in [6, 6.07) is 6.10. The van der Waals surface area contributed by atoms with Gasteiger partial charge in [0.15, 0.2) is 5.69 Å². The van der Waals surface area contributed by atoms with Gasteiger partial charge in [0.2, 0.25) is 0 Å². The van der Waals surface area contributed by atoms with E-state index in [9.17, 15) is 22.4 Å². The van der Waals surface area contributed by atoms with E-state index in [-0.39, 0.29) is 34.6 Å². The van der Waals surface area contributed by atoms with Gasteiger partial charge in [-0.1, -0.05) is 0 Å². The van der Waals surface area contributed by atoms with Gasteiger partial charge >= 0.3 is 6.11 Å². The molecule has 1 aliphatic rings. The number of hydrogen-bond donors (Lipinski definition) is 2. The first kappa shape index (κ1) is 21.6. The quantitative estimate of drug-likeness (QED) is 0.580. The number of carbonyl (C=O) groups is 1. The Balaban J connectivity index is 1.66. The molecule has 0 saturated carbocycles. The van der Waals surface area contributed by atoms with E-state index in [1.165, 1.54) is 31.3 Å². The average molecular weight is 448 g/mol. The summed E-state index contributed by atoms with van der Waals surface area (Å²) < 4.78 is 67.4. The number of nitriles is 1. The molecule has 1 amide bonds. The maximum atomic E-state index is 14.7.